The van der Waals surface area contributed by atoms with E-state index < -0.39 is 24.4 Å². The smallest absolute Gasteiger partial charge is 0.491 e. The first-order chi connectivity index (χ1) is 14.0. The predicted molar refractivity (Wildman–Crippen MR) is 125 cm³/mol. The van der Waals surface area contributed by atoms with Gasteiger partial charge in [0.25, 0.3) is 0 Å². The summed E-state index contributed by atoms with van der Waals surface area (Å²) < 4.78 is 23.7. The molecule has 1 aromatic carbocycles. The summed E-state index contributed by atoms with van der Waals surface area (Å²) in [7, 11) is -0.404. The van der Waals surface area contributed by atoms with Crippen molar-refractivity contribution in [2.75, 3.05) is 6.61 Å². The van der Waals surface area contributed by atoms with Gasteiger partial charge in [0, 0.05) is 0 Å². The fourth-order valence-electron chi connectivity index (χ4n) is 3.54. The summed E-state index contributed by atoms with van der Waals surface area (Å²) in [5, 5.41) is 3.00. The highest BCUT2D eigenvalue weighted by Gasteiger charge is 2.51. The zero-order valence-electron chi connectivity index (χ0n) is 20.9. The van der Waals surface area contributed by atoms with E-state index in [4.69, 9.17) is 18.8 Å². The molecule has 2 rings (SSSR count). The molecule has 1 aromatic rings. The Bertz CT molecular complexity index is 738. The molecule has 1 aliphatic heterocycles. The van der Waals surface area contributed by atoms with Gasteiger partial charge in [-0.15, -0.1) is 0 Å². The first kappa shape index (κ1) is 25.5. The number of amides is 1. The van der Waals surface area contributed by atoms with Crippen LogP contribution in [0.1, 0.15) is 75.7 Å². The van der Waals surface area contributed by atoms with Crippen LogP contribution < -0.4 is 15.5 Å². The van der Waals surface area contributed by atoms with Gasteiger partial charge in [0.05, 0.1) is 16.7 Å². The molecule has 1 heterocycles. The Kier molecular flexibility index (Phi) is 7.43. The second-order valence-electron chi connectivity index (χ2n) is 11.2. The maximum Gasteiger partial charge on any atom is 0.494 e. The highest BCUT2D eigenvalue weighted by atomic mass is 16.7. The maximum atomic E-state index is 12.3. The van der Waals surface area contributed by atoms with Crippen LogP contribution in [0, 0.1) is 5.92 Å². The van der Waals surface area contributed by atoms with Crippen LogP contribution >= 0.6 is 0 Å². The third-order valence-electron chi connectivity index (χ3n) is 5.62. The molecule has 1 aliphatic rings. The summed E-state index contributed by atoms with van der Waals surface area (Å²) >= 11 is 0. The number of nitrogens with one attached hydrogen (secondary N) is 1. The summed E-state index contributed by atoms with van der Waals surface area (Å²) in [5.74, 6) is 1.11. The van der Waals surface area contributed by atoms with Crippen LogP contribution in [0.25, 0.3) is 0 Å². The third-order valence-corrected chi connectivity index (χ3v) is 5.62. The number of rotatable bonds is 7. The van der Waals surface area contributed by atoms with E-state index in [1.807, 2.05) is 79.7 Å². The van der Waals surface area contributed by atoms with Gasteiger partial charge in [-0.05, 0) is 85.3 Å². The van der Waals surface area contributed by atoms with Gasteiger partial charge in [-0.25, -0.2) is 4.79 Å². The van der Waals surface area contributed by atoms with Crippen molar-refractivity contribution in [3.05, 3.63) is 24.3 Å². The molecule has 0 saturated carbocycles. The largest absolute Gasteiger partial charge is 0.494 e. The SMILES string of the molecule is CC(C)C[C@@](C)(COc1ccc(B2OC(C)(C)C(C)(C)O2)cc1)NC(=O)OC(C)(C)C. The van der Waals surface area contributed by atoms with Crippen LogP contribution in [0.3, 0.4) is 0 Å². The number of carbonyl (C=O) groups excluding carboxylic acids is 1. The standard InChI is InChI=1S/C24H40BNO5/c1-17(2)15-24(10,26-20(27)29-21(3,4)5)16-28-19-13-11-18(12-14-19)25-30-22(6,7)23(8,9)31-25/h11-14,17H,15-16H2,1-10H3,(H,26,27)/t24-/m0/s1. The number of hydrogen-bond donors (Lipinski definition) is 1. The van der Waals surface area contributed by atoms with Crippen molar-refractivity contribution in [1.82, 2.24) is 5.32 Å². The minimum absolute atomic E-state index is 0.334. The monoisotopic (exact) mass is 433 g/mol. The van der Waals surface area contributed by atoms with Gasteiger partial charge < -0.3 is 24.1 Å². The lowest BCUT2D eigenvalue weighted by Gasteiger charge is -2.33. The number of carbonyl (C=O) groups is 1. The van der Waals surface area contributed by atoms with Gasteiger partial charge in [0.15, 0.2) is 0 Å². The van der Waals surface area contributed by atoms with E-state index in [1.165, 1.54) is 0 Å². The Balaban J connectivity index is 2.03. The molecule has 31 heavy (non-hydrogen) atoms. The maximum absolute atomic E-state index is 12.3. The first-order valence-corrected chi connectivity index (χ1v) is 11.1. The second kappa shape index (κ2) is 9.03. The molecule has 6 nitrogen and oxygen atoms in total. The molecule has 1 atom stereocenters. The van der Waals surface area contributed by atoms with Gasteiger partial charge in [-0.1, -0.05) is 26.0 Å². The van der Waals surface area contributed by atoms with Crippen LogP contribution in [-0.4, -0.2) is 42.2 Å². The summed E-state index contributed by atoms with van der Waals surface area (Å²) in [6.45, 7) is 20.3. The number of hydrogen-bond acceptors (Lipinski definition) is 5. The Morgan fingerprint density at radius 3 is 2.00 bits per heavy atom. The highest BCUT2D eigenvalue weighted by molar-refractivity contribution is 6.62. The molecular formula is C24H40BNO5. The van der Waals surface area contributed by atoms with E-state index in [9.17, 15) is 4.79 Å². The molecule has 0 aromatic heterocycles. The van der Waals surface area contributed by atoms with E-state index >= 15 is 0 Å². The van der Waals surface area contributed by atoms with E-state index in [-0.39, 0.29) is 11.2 Å². The minimum atomic E-state index is -0.555. The molecule has 0 spiro atoms. The molecule has 0 radical (unpaired) electrons. The van der Waals surface area contributed by atoms with Gasteiger partial charge in [-0.2, -0.15) is 0 Å². The molecule has 1 N–H and O–H groups in total. The Morgan fingerprint density at radius 2 is 1.55 bits per heavy atom. The predicted octanol–water partition coefficient (Wildman–Crippen LogP) is 4.69. The molecule has 0 unspecified atom stereocenters. The molecule has 7 heteroatoms. The fourth-order valence-corrected chi connectivity index (χ4v) is 3.54. The third kappa shape index (κ3) is 7.14. The van der Waals surface area contributed by atoms with Crippen LogP contribution in [-0.2, 0) is 14.0 Å². The van der Waals surface area contributed by atoms with Gasteiger partial charge in [-0.3, -0.25) is 0 Å². The number of ether oxygens (including phenoxy) is 2. The number of benzene rings is 1. The number of alkyl carbamates (subject to hydrolysis) is 1. The van der Waals surface area contributed by atoms with Crippen molar-refractivity contribution in [1.29, 1.82) is 0 Å². The van der Waals surface area contributed by atoms with Gasteiger partial charge in [0.2, 0.25) is 0 Å². The quantitative estimate of drug-likeness (QED) is 0.632. The minimum Gasteiger partial charge on any atom is -0.491 e. The van der Waals surface area contributed by atoms with Crippen molar-refractivity contribution in [3.8, 4) is 5.75 Å². The van der Waals surface area contributed by atoms with E-state index in [2.05, 4.69) is 19.2 Å². The van der Waals surface area contributed by atoms with Crippen molar-refractivity contribution < 1.29 is 23.6 Å². The van der Waals surface area contributed by atoms with Crippen LogP contribution in [0.2, 0.25) is 0 Å². The lowest BCUT2D eigenvalue weighted by molar-refractivity contribution is 0.00578. The van der Waals surface area contributed by atoms with E-state index in [1.54, 1.807) is 0 Å². The van der Waals surface area contributed by atoms with Crippen LogP contribution in [0.15, 0.2) is 24.3 Å². The van der Waals surface area contributed by atoms with Gasteiger partial charge in [0.1, 0.15) is 18.0 Å². The van der Waals surface area contributed by atoms with Crippen molar-refractivity contribution in [2.24, 2.45) is 5.92 Å². The molecule has 174 valence electrons. The zero-order chi connectivity index (χ0) is 23.7. The van der Waals surface area contributed by atoms with E-state index in [0.717, 1.165) is 17.6 Å². The van der Waals surface area contributed by atoms with Crippen molar-refractivity contribution in [2.45, 2.75) is 98.0 Å². The van der Waals surface area contributed by atoms with Crippen LogP contribution in [0.5, 0.6) is 5.75 Å². The molecular weight excluding hydrogens is 393 g/mol. The molecule has 1 fully saturated rings. The molecule has 1 saturated heterocycles. The van der Waals surface area contributed by atoms with Crippen LogP contribution in [0.4, 0.5) is 4.79 Å². The molecule has 0 aliphatic carbocycles. The van der Waals surface area contributed by atoms with Gasteiger partial charge >= 0.3 is 13.2 Å². The normalized spacial score (nSPS) is 19.8. The molecule has 0 bridgehead atoms. The second-order valence-corrected chi connectivity index (χ2v) is 11.2. The fraction of sp³-hybridized carbons (Fsp3) is 0.708. The topological polar surface area (TPSA) is 66.0 Å². The Morgan fingerprint density at radius 1 is 1.03 bits per heavy atom. The zero-order valence-corrected chi connectivity index (χ0v) is 20.9. The highest BCUT2D eigenvalue weighted by Crippen LogP contribution is 2.36. The Labute approximate surface area is 188 Å². The lowest BCUT2D eigenvalue weighted by atomic mass is 9.79. The lowest BCUT2D eigenvalue weighted by Crippen LogP contribution is -2.52. The van der Waals surface area contributed by atoms with Crippen molar-refractivity contribution in [3.63, 3.8) is 0 Å². The summed E-state index contributed by atoms with van der Waals surface area (Å²) in [6, 6.07) is 7.73. The first-order valence-electron chi connectivity index (χ1n) is 11.1. The van der Waals surface area contributed by atoms with E-state index in [0.29, 0.717) is 12.5 Å². The average Bonchev–Trinajstić information content (AvgIpc) is 2.78. The Hall–Kier alpha value is -1.73. The summed E-state index contributed by atoms with van der Waals surface area (Å²) in [4.78, 5) is 12.3. The average molecular weight is 433 g/mol. The molecule has 1 amide bonds. The summed E-state index contributed by atoms with van der Waals surface area (Å²) in [5.41, 5.74) is -0.909. The van der Waals surface area contributed by atoms with Crippen molar-refractivity contribution >= 4 is 18.7 Å². The summed E-state index contributed by atoms with van der Waals surface area (Å²) in [6.07, 6.45) is 0.327.